The van der Waals surface area contributed by atoms with Gasteiger partial charge in [0, 0.05) is 24.4 Å². The van der Waals surface area contributed by atoms with Gasteiger partial charge in [-0.25, -0.2) is 0 Å². The van der Waals surface area contributed by atoms with Crippen molar-refractivity contribution in [1.82, 2.24) is 10.3 Å². The number of carbonyl (C=O) groups is 1. The number of pyridine rings is 1. The van der Waals surface area contributed by atoms with Gasteiger partial charge in [-0.3, -0.25) is 9.78 Å². The number of carbonyl (C=O) groups excluding carboxylic acids is 1. The van der Waals surface area contributed by atoms with Gasteiger partial charge in [0.25, 0.3) is 0 Å². The van der Waals surface area contributed by atoms with Crippen molar-refractivity contribution in [1.29, 1.82) is 0 Å². The van der Waals surface area contributed by atoms with Crippen LogP contribution < -0.4 is 5.32 Å². The largest absolute Gasteiger partial charge is 0.352 e. The van der Waals surface area contributed by atoms with Crippen LogP contribution in [0.3, 0.4) is 0 Å². The SMILES string of the molecule is Cc1ncccc1CNC(=O)C1CCc2c(ccc3c2CCCC3)C1. The van der Waals surface area contributed by atoms with Crippen molar-refractivity contribution in [3.8, 4) is 0 Å². The molecule has 3 heteroatoms. The van der Waals surface area contributed by atoms with Crippen molar-refractivity contribution in [3.63, 3.8) is 0 Å². The van der Waals surface area contributed by atoms with Gasteiger partial charge in [-0.05, 0) is 85.8 Å². The number of aryl methyl sites for hydroxylation is 2. The summed E-state index contributed by atoms with van der Waals surface area (Å²) < 4.78 is 0. The Hall–Kier alpha value is -2.16. The monoisotopic (exact) mass is 334 g/mol. The van der Waals surface area contributed by atoms with Crippen LogP contribution in [0, 0.1) is 12.8 Å². The van der Waals surface area contributed by atoms with Crippen LogP contribution in [0.5, 0.6) is 0 Å². The highest BCUT2D eigenvalue weighted by molar-refractivity contribution is 5.79. The first-order valence-corrected chi connectivity index (χ1v) is 9.53. The molecule has 2 aliphatic rings. The fourth-order valence-corrected chi connectivity index (χ4v) is 4.40. The second-order valence-electron chi connectivity index (χ2n) is 7.45. The predicted octanol–water partition coefficient (Wildman–Crippen LogP) is 3.69. The van der Waals surface area contributed by atoms with Crippen LogP contribution in [-0.2, 0) is 37.0 Å². The molecule has 1 amide bonds. The summed E-state index contributed by atoms with van der Waals surface area (Å²) in [5, 5.41) is 3.12. The molecule has 4 rings (SSSR count). The molecule has 1 aromatic heterocycles. The molecular formula is C22H26N2O. The Morgan fingerprint density at radius 1 is 1.12 bits per heavy atom. The van der Waals surface area contributed by atoms with E-state index >= 15 is 0 Å². The molecule has 0 bridgehead atoms. The zero-order chi connectivity index (χ0) is 17.2. The maximum Gasteiger partial charge on any atom is 0.223 e. The standard InChI is InChI=1S/C22H26N2O/c1-15-19(6-4-12-23-15)14-24-22(25)18-10-11-21-17(13-18)9-8-16-5-2-3-7-20(16)21/h4,6,8-9,12,18H,2-3,5,7,10-11,13-14H2,1H3,(H,24,25). The highest BCUT2D eigenvalue weighted by Gasteiger charge is 2.27. The van der Waals surface area contributed by atoms with Gasteiger partial charge in [0.15, 0.2) is 0 Å². The Kier molecular flexibility index (Phi) is 4.56. The summed E-state index contributed by atoms with van der Waals surface area (Å²) in [5.41, 5.74) is 8.21. The smallest absolute Gasteiger partial charge is 0.223 e. The zero-order valence-electron chi connectivity index (χ0n) is 15.0. The van der Waals surface area contributed by atoms with Crippen molar-refractivity contribution in [2.45, 2.75) is 58.4 Å². The van der Waals surface area contributed by atoms with Crippen LogP contribution in [0.4, 0.5) is 0 Å². The van der Waals surface area contributed by atoms with E-state index < -0.39 is 0 Å². The molecule has 1 atom stereocenters. The molecule has 130 valence electrons. The summed E-state index contributed by atoms with van der Waals surface area (Å²) >= 11 is 0. The number of amides is 1. The predicted molar refractivity (Wildman–Crippen MR) is 99.4 cm³/mol. The molecular weight excluding hydrogens is 308 g/mol. The van der Waals surface area contributed by atoms with Gasteiger partial charge in [0.2, 0.25) is 5.91 Å². The Balaban J connectivity index is 1.44. The number of rotatable bonds is 3. The number of aromatic nitrogens is 1. The second kappa shape index (κ2) is 6.99. The fraction of sp³-hybridized carbons (Fsp3) is 0.455. The Morgan fingerprint density at radius 3 is 2.80 bits per heavy atom. The number of nitrogens with zero attached hydrogens (tertiary/aromatic N) is 1. The lowest BCUT2D eigenvalue weighted by molar-refractivity contribution is -0.125. The zero-order valence-corrected chi connectivity index (χ0v) is 15.0. The lowest BCUT2D eigenvalue weighted by Crippen LogP contribution is -2.34. The molecule has 2 aliphatic carbocycles. The average molecular weight is 334 g/mol. The minimum atomic E-state index is 0.103. The summed E-state index contributed by atoms with van der Waals surface area (Å²) in [5.74, 6) is 0.290. The fourth-order valence-electron chi connectivity index (χ4n) is 4.40. The highest BCUT2D eigenvalue weighted by atomic mass is 16.1. The van der Waals surface area contributed by atoms with Gasteiger partial charge in [-0.1, -0.05) is 18.2 Å². The van der Waals surface area contributed by atoms with Gasteiger partial charge in [0.05, 0.1) is 0 Å². The summed E-state index contributed by atoms with van der Waals surface area (Å²) in [6.45, 7) is 2.56. The van der Waals surface area contributed by atoms with Crippen LogP contribution in [0.25, 0.3) is 0 Å². The van der Waals surface area contributed by atoms with Gasteiger partial charge in [-0.15, -0.1) is 0 Å². The van der Waals surface area contributed by atoms with Crippen molar-refractivity contribution >= 4 is 5.91 Å². The molecule has 2 aromatic rings. The van der Waals surface area contributed by atoms with E-state index in [4.69, 9.17) is 0 Å². The molecule has 0 saturated heterocycles. The molecule has 1 aromatic carbocycles. The van der Waals surface area contributed by atoms with Gasteiger partial charge in [0.1, 0.15) is 0 Å². The van der Waals surface area contributed by atoms with E-state index in [-0.39, 0.29) is 11.8 Å². The number of hydrogen-bond donors (Lipinski definition) is 1. The molecule has 0 aliphatic heterocycles. The number of fused-ring (bicyclic) bond motifs is 3. The molecule has 0 fully saturated rings. The number of nitrogens with one attached hydrogen (secondary N) is 1. The van der Waals surface area contributed by atoms with Crippen LogP contribution in [0.2, 0.25) is 0 Å². The summed E-state index contributed by atoms with van der Waals surface area (Å²) in [4.78, 5) is 16.9. The van der Waals surface area contributed by atoms with Crippen molar-refractivity contribution in [2.75, 3.05) is 0 Å². The summed E-state index contributed by atoms with van der Waals surface area (Å²) in [6, 6.07) is 8.55. The minimum Gasteiger partial charge on any atom is -0.352 e. The van der Waals surface area contributed by atoms with Crippen LogP contribution in [-0.4, -0.2) is 10.9 Å². The molecule has 0 saturated carbocycles. The van der Waals surface area contributed by atoms with Crippen LogP contribution in [0.15, 0.2) is 30.5 Å². The first-order valence-electron chi connectivity index (χ1n) is 9.53. The normalized spacial score (nSPS) is 19.0. The molecule has 0 spiro atoms. The Morgan fingerprint density at radius 2 is 1.92 bits per heavy atom. The van der Waals surface area contributed by atoms with E-state index in [9.17, 15) is 4.79 Å². The number of hydrogen-bond acceptors (Lipinski definition) is 2. The van der Waals surface area contributed by atoms with E-state index in [2.05, 4.69) is 22.4 Å². The van der Waals surface area contributed by atoms with E-state index in [0.29, 0.717) is 6.54 Å². The van der Waals surface area contributed by atoms with E-state index in [1.807, 2.05) is 19.1 Å². The van der Waals surface area contributed by atoms with E-state index in [1.165, 1.54) is 31.2 Å². The summed E-state index contributed by atoms with van der Waals surface area (Å²) in [6.07, 6.45) is 9.82. The highest BCUT2D eigenvalue weighted by Crippen LogP contribution is 2.33. The first kappa shape index (κ1) is 16.3. The van der Waals surface area contributed by atoms with Crippen molar-refractivity contribution in [3.05, 3.63) is 64.0 Å². The lowest BCUT2D eigenvalue weighted by atomic mass is 9.77. The van der Waals surface area contributed by atoms with E-state index in [1.54, 1.807) is 22.9 Å². The Labute approximate surface area is 149 Å². The van der Waals surface area contributed by atoms with Gasteiger partial charge >= 0.3 is 0 Å². The Bertz CT molecular complexity index is 797. The molecule has 1 heterocycles. The number of benzene rings is 1. The quantitative estimate of drug-likeness (QED) is 0.930. The molecule has 1 N–H and O–H groups in total. The third kappa shape index (κ3) is 3.33. The van der Waals surface area contributed by atoms with Gasteiger partial charge < -0.3 is 5.32 Å². The molecule has 25 heavy (non-hydrogen) atoms. The lowest BCUT2D eigenvalue weighted by Gasteiger charge is -2.29. The topological polar surface area (TPSA) is 42.0 Å². The second-order valence-corrected chi connectivity index (χ2v) is 7.45. The van der Waals surface area contributed by atoms with Crippen LogP contribution >= 0.6 is 0 Å². The first-order chi connectivity index (χ1) is 12.2. The van der Waals surface area contributed by atoms with E-state index in [0.717, 1.165) is 30.5 Å². The molecule has 0 radical (unpaired) electrons. The molecule has 1 unspecified atom stereocenters. The molecule has 3 nitrogen and oxygen atoms in total. The third-order valence-corrected chi connectivity index (χ3v) is 5.90. The van der Waals surface area contributed by atoms with Gasteiger partial charge in [-0.2, -0.15) is 0 Å². The van der Waals surface area contributed by atoms with Crippen LogP contribution in [0.1, 0.15) is 52.8 Å². The van der Waals surface area contributed by atoms with Crippen molar-refractivity contribution < 1.29 is 4.79 Å². The summed E-state index contributed by atoms with van der Waals surface area (Å²) in [7, 11) is 0. The minimum absolute atomic E-state index is 0.103. The average Bonchev–Trinajstić information content (AvgIpc) is 2.66. The third-order valence-electron chi connectivity index (χ3n) is 5.90. The maximum absolute atomic E-state index is 12.6. The van der Waals surface area contributed by atoms with Crippen molar-refractivity contribution in [2.24, 2.45) is 5.92 Å². The maximum atomic E-state index is 12.6.